The number of carbonyl (C=O) groups is 1. The smallest absolute Gasteiger partial charge is 0.275 e. The van der Waals surface area contributed by atoms with Gasteiger partial charge in [0.2, 0.25) is 0 Å². The van der Waals surface area contributed by atoms with Crippen molar-refractivity contribution >= 4 is 46.3 Å². The largest absolute Gasteiger partial charge is 0.504 e. The number of hydrogen-bond donors (Lipinski definition) is 2. The predicted octanol–water partition coefficient (Wildman–Crippen LogP) is 5.39. The summed E-state index contributed by atoms with van der Waals surface area (Å²) in [5, 5.41) is 14.6. The number of aromatic hydroxyl groups is 1. The molecule has 0 atom stereocenters. The third-order valence-electron chi connectivity index (χ3n) is 4.20. The summed E-state index contributed by atoms with van der Waals surface area (Å²) >= 11 is 8.17. The maximum Gasteiger partial charge on any atom is 0.275 e. The summed E-state index contributed by atoms with van der Waals surface area (Å²) < 4.78 is 11.9. The van der Waals surface area contributed by atoms with Gasteiger partial charge >= 0.3 is 0 Å². The number of nitrogens with zero attached hydrogens (tertiary/aromatic N) is 1. The van der Waals surface area contributed by atoms with E-state index in [9.17, 15) is 9.90 Å². The molecule has 0 fully saturated rings. The lowest BCUT2D eigenvalue weighted by atomic mass is 10.2. The Hall–Kier alpha value is -2.78. The topological polar surface area (TPSA) is 80.2 Å². The van der Waals surface area contributed by atoms with Gasteiger partial charge in [0, 0.05) is 10.6 Å². The van der Waals surface area contributed by atoms with Crippen molar-refractivity contribution in [2.75, 3.05) is 6.61 Å². The molecule has 0 saturated heterocycles. The number of halogens is 2. The molecular weight excluding hydrogens is 531 g/mol. The maximum atomic E-state index is 12.6. The second-order valence-electron chi connectivity index (χ2n) is 6.36. The van der Waals surface area contributed by atoms with E-state index in [0.29, 0.717) is 37.8 Å². The van der Waals surface area contributed by atoms with Gasteiger partial charge in [0.05, 0.1) is 22.0 Å². The fourth-order valence-electron chi connectivity index (χ4n) is 2.71. The van der Waals surface area contributed by atoms with Crippen LogP contribution in [-0.4, -0.2) is 23.8 Å². The van der Waals surface area contributed by atoms with E-state index in [0.717, 1.165) is 5.56 Å². The van der Waals surface area contributed by atoms with Crippen molar-refractivity contribution < 1.29 is 19.4 Å². The van der Waals surface area contributed by atoms with Gasteiger partial charge in [-0.3, -0.25) is 4.79 Å². The Morgan fingerprint density at radius 2 is 1.87 bits per heavy atom. The first-order chi connectivity index (χ1) is 15.0. The van der Waals surface area contributed by atoms with Crippen molar-refractivity contribution in [1.82, 2.24) is 5.43 Å². The predicted molar refractivity (Wildman–Crippen MR) is 129 cm³/mol. The van der Waals surface area contributed by atoms with E-state index in [-0.39, 0.29) is 12.4 Å². The Labute approximate surface area is 199 Å². The van der Waals surface area contributed by atoms with E-state index in [1.54, 1.807) is 42.5 Å². The van der Waals surface area contributed by atoms with Crippen LogP contribution >= 0.6 is 34.2 Å². The number of hydrogen-bond acceptors (Lipinski definition) is 5. The molecule has 0 spiro atoms. The van der Waals surface area contributed by atoms with Crippen LogP contribution in [0.3, 0.4) is 0 Å². The average molecular weight is 551 g/mol. The third-order valence-corrected chi connectivity index (χ3v) is 5.39. The molecule has 0 aliphatic rings. The number of para-hydroxylation sites is 1. The van der Waals surface area contributed by atoms with Crippen LogP contribution in [-0.2, 0) is 6.61 Å². The van der Waals surface area contributed by atoms with Gasteiger partial charge in [0.1, 0.15) is 12.4 Å². The second-order valence-corrected chi connectivity index (χ2v) is 7.93. The van der Waals surface area contributed by atoms with E-state index in [1.165, 1.54) is 6.21 Å². The molecule has 3 aromatic rings. The number of rotatable bonds is 8. The Bertz CT molecular complexity index is 1100. The molecule has 0 radical (unpaired) electrons. The lowest BCUT2D eigenvalue weighted by molar-refractivity contribution is 0.0950. The molecule has 0 saturated carbocycles. The fourth-order valence-corrected chi connectivity index (χ4v) is 3.53. The highest BCUT2D eigenvalue weighted by Gasteiger charge is 2.13. The van der Waals surface area contributed by atoms with Gasteiger partial charge in [-0.1, -0.05) is 41.9 Å². The lowest BCUT2D eigenvalue weighted by Crippen LogP contribution is -2.18. The van der Waals surface area contributed by atoms with Gasteiger partial charge in [-0.15, -0.1) is 0 Å². The molecule has 6 nitrogen and oxygen atoms in total. The van der Waals surface area contributed by atoms with Gasteiger partial charge in [0.25, 0.3) is 5.91 Å². The van der Waals surface area contributed by atoms with Crippen molar-refractivity contribution in [3.63, 3.8) is 0 Å². The normalized spacial score (nSPS) is 10.8. The fraction of sp³-hybridized carbons (Fsp3) is 0.130. The van der Waals surface area contributed by atoms with E-state index in [1.807, 2.05) is 47.7 Å². The van der Waals surface area contributed by atoms with E-state index < -0.39 is 5.91 Å². The molecule has 0 aliphatic heterocycles. The zero-order chi connectivity index (χ0) is 22.2. The molecule has 31 heavy (non-hydrogen) atoms. The number of amides is 1. The first kappa shape index (κ1) is 22.9. The number of ether oxygens (including phenoxy) is 2. The van der Waals surface area contributed by atoms with Crippen molar-refractivity contribution in [2.24, 2.45) is 5.10 Å². The minimum atomic E-state index is -0.412. The van der Waals surface area contributed by atoms with Crippen molar-refractivity contribution in [1.29, 1.82) is 0 Å². The van der Waals surface area contributed by atoms with Crippen LogP contribution in [0.5, 0.6) is 17.2 Å². The van der Waals surface area contributed by atoms with E-state index in [2.05, 4.69) is 10.5 Å². The monoisotopic (exact) mass is 550 g/mol. The highest BCUT2D eigenvalue weighted by molar-refractivity contribution is 14.1. The van der Waals surface area contributed by atoms with Gasteiger partial charge in [0.15, 0.2) is 11.5 Å². The lowest BCUT2D eigenvalue weighted by Gasteiger charge is -2.11. The molecule has 0 aromatic heterocycles. The van der Waals surface area contributed by atoms with Gasteiger partial charge in [-0.05, 0) is 65.4 Å². The number of phenolic OH excluding ortho intramolecular Hbond substituents is 1. The van der Waals surface area contributed by atoms with E-state index >= 15 is 0 Å². The number of nitrogens with one attached hydrogen (secondary N) is 1. The number of carbonyl (C=O) groups excluding carboxylic acids is 1. The Balaban J connectivity index is 1.69. The second kappa shape index (κ2) is 11.0. The Kier molecular flexibility index (Phi) is 8.13. The number of phenols is 1. The highest BCUT2D eigenvalue weighted by atomic mass is 127. The van der Waals surface area contributed by atoms with Gasteiger partial charge in [-0.2, -0.15) is 5.10 Å². The molecule has 0 aliphatic carbocycles. The standard InChI is InChI=1S/C23H20ClIN2O4/c1-2-30-21-12-15(11-19(25)22(21)28)13-26-27-23(29)17-8-4-6-10-20(17)31-14-16-7-3-5-9-18(16)24/h3-13,28H,2,14H2,1H3,(H,27,29)/b26-13+. The minimum Gasteiger partial charge on any atom is -0.504 e. The summed E-state index contributed by atoms with van der Waals surface area (Å²) in [7, 11) is 0. The molecule has 0 bridgehead atoms. The molecule has 1 amide bonds. The third kappa shape index (κ3) is 6.11. The van der Waals surface area contributed by atoms with Crippen LogP contribution in [0.2, 0.25) is 5.02 Å². The van der Waals surface area contributed by atoms with Crippen molar-refractivity contribution in [2.45, 2.75) is 13.5 Å². The molecule has 0 unspecified atom stereocenters. The van der Waals surface area contributed by atoms with Crippen molar-refractivity contribution in [3.8, 4) is 17.2 Å². The molecular formula is C23H20ClIN2O4. The van der Waals surface area contributed by atoms with Crippen LogP contribution in [0.4, 0.5) is 0 Å². The zero-order valence-electron chi connectivity index (χ0n) is 16.6. The van der Waals surface area contributed by atoms with E-state index in [4.69, 9.17) is 21.1 Å². The van der Waals surface area contributed by atoms with Crippen LogP contribution < -0.4 is 14.9 Å². The van der Waals surface area contributed by atoms with Crippen LogP contribution in [0.1, 0.15) is 28.4 Å². The number of benzene rings is 3. The van der Waals surface area contributed by atoms with Crippen LogP contribution in [0.25, 0.3) is 0 Å². The zero-order valence-corrected chi connectivity index (χ0v) is 19.6. The minimum absolute atomic E-state index is 0.0771. The Morgan fingerprint density at radius 1 is 1.13 bits per heavy atom. The summed E-state index contributed by atoms with van der Waals surface area (Å²) in [6.07, 6.45) is 1.48. The molecule has 3 aromatic carbocycles. The van der Waals surface area contributed by atoms with Crippen LogP contribution in [0.15, 0.2) is 65.8 Å². The van der Waals surface area contributed by atoms with Crippen LogP contribution in [0, 0.1) is 3.57 Å². The summed E-state index contributed by atoms with van der Waals surface area (Å²) in [6.45, 7) is 2.49. The summed E-state index contributed by atoms with van der Waals surface area (Å²) in [4.78, 5) is 12.6. The Morgan fingerprint density at radius 3 is 2.65 bits per heavy atom. The SMILES string of the molecule is CCOc1cc(/C=N/NC(=O)c2ccccc2OCc2ccccc2Cl)cc(I)c1O. The summed E-state index contributed by atoms with van der Waals surface area (Å²) in [5.74, 6) is 0.450. The summed E-state index contributed by atoms with van der Waals surface area (Å²) in [6, 6.07) is 17.7. The number of hydrazone groups is 1. The first-order valence-electron chi connectivity index (χ1n) is 9.43. The highest BCUT2D eigenvalue weighted by Crippen LogP contribution is 2.32. The molecule has 3 rings (SSSR count). The molecule has 160 valence electrons. The molecule has 2 N–H and O–H groups in total. The maximum absolute atomic E-state index is 12.6. The summed E-state index contributed by atoms with van der Waals surface area (Å²) in [5.41, 5.74) is 4.35. The molecule has 0 heterocycles. The molecule has 8 heteroatoms. The quantitative estimate of drug-likeness (QED) is 0.224. The first-order valence-corrected chi connectivity index (χ1v) is 10.9. The van der Waals surface area contributed by atoms with Gasteiger partial charge in [-0.25, -0.2) is 5.43 Å². The van der Waals surface area contributed by atoms with Crippen molar-refractivity contribution in [3.05, 3.63) is 85.9 Å². The average Bonchev–Trinajstić information content (AvgIpc) is 2.77. The van der Waals surface area contributed by atoms with Gasteiger partial charge < -0.3 is 14.6 Å².